The third kappa shape index (κ3) is 3.44. The minimum Gasteiger partial charge on any atom is -0.335 e. The Balaban J connectivity index is 1.78. The molecule has 1 atom stereocenters. The molecule has 0 fully saturated rings. The molecule has 0 aliphatic heterocycles. The summed E-state index contributed by atoms with van der Waals surface area (Å²) >= 11 is 0. The van der Waals surface area contributed by atoms with Gasteiger partial charge in [0.1, 0.15) is 12.7 Å². The second kappa shape index (κ2) is 7.14. The van der Waals surface area contributed by atoms with Crippen LogP contribution in [0.15, 0.2) is 61.2 Å². The van der Waals surface area contributed by atoms with Crippen LogP contribution in [-0.4, -0.2) is 37.5 Å². The van der Waals surface area contributed by atoms with Gasteiger partial charge in [0.05, 0.1) is 16.7 Å². The van der Waals surface area contributed by atoms with Crippen LogP contribution in [0.4, 0.5) is 5.69 Å². The number of carbonyl (C=O) groups is 1. The molecule has 132 valence electrons. The number of nitro groups is 1. The average molecular weight is 351 g/mol. The first-order valence-corrected chi connectivity index (χ1v) is 7.94. The van der Waals surface area contributed by atoms with Gasteiger partial charge in [0.2, 0.25) is 0 Å². The summed E-state index contributed by atoms with van der Waals surface area (Å²) in [6.07, 6.45) is 3.07. The molecule has 3 rings (SSSR count). The first-order chi connectivity index (χ1) is 12.5. The van der Waals surface area contributed by atoms with Gasteiger partial charge in [-0.2, -0.15) is 5.10 Å². The van der Waals surface area contributed by atoms with Crippen LogP contribution in [0, 0.1) is 10.1 Å². The molecule has 0 radical (unpaired) electrons. The van der Waals surface area contributed by atoms with Crippen LogP contribution in [0.1, 0.15) is 28.9 Å². The lowest BCUT2D eigenvalue weighted by molar-refractivity contribution is -0.384. The van der Waals surface area contributed by atoms with Crippen molar-refractivity contribution < 1.29 is 9.72 Å². The zero-order valence-corrected chi connectivity index (χ0v) is 14.3. The van der Waals surface area contributed by atoms with Crippen molar-refractivity contribution in [2.45, 2.75) is 13.0 Å². The molecule has 1 heterocycles. The molecular weight excluding hydrogens is 334 g/mol. The Labute approximate surface area is 149 Å². The van der Waals surface area contributed by atoms with Crippen LogP contribution in [0.3, 0.4) is 0 Å². The second-order valence-corrected chi connectivity index (χ2v) is 5.83. The van der Waals surface area contributed by atoms with Crippen molar-refractivity contribution in [3.8, 4) is 5.69 Å². The lowest BCUT2D eigenvalue weighted by Crippen LogP contribution is -2.29. The van der Waals surface area contributed by atoms with E-state index in [1.807, 2.05) is 31.2 Å². The Morgan fingerprint density at radius 1 is 1.23 bits per heavy atom. The second-order valence-electron chi connectivity index (χ2n) is 5.83. The van der Waals surface area contributed by atoms with E-state index in [-0.39, 0.29) is 23.2 Å². The molecule has 2 aromatic carbocycles. The lowest BCUT2D eigenvalue weighted by Gasteiger charge is -2.25. The number of nitrogens with zero attached hydrogens (tertiary/aromatic N) is 5. The first-order valence-electron chi connectivity index (χ1n) is 7.94. The zero-order chi connectivity index (χ0) is 18.7. The quantitative estimate of drug-likeness (QED) is 0.520. The summed E-state index contributed by atoms with van der Waals surface area (Å²) in [7, 11) is 1.68. The molecule has 0 saturated carbocycles. The highest BCUT2D eigenvalue weighted by atomic mass is 16.6. The van der Waals surface area contributed by atoms with Gasteiger partial charge < -0.3 is 4.90 Å². The van der Waals surface area contributed by atoms with Gasteiger partial charge in [-0.25, -0.2) is 9.67 Å². The van der Waals surface area contributed by atoms with Crippen LogP contribution in [0.25, 0.3) is 5.69 Å². The van der Waals surface area contributed by atoms with E-state index in [9.17, 15) is 14.9 Å². The predicted molar refractivity (Wildman–Crippen MR) is 95.0 cm³/mol. The highest BCUT2D eigenvalue weighted by molar-refractivity contribution is 5.94. The zero-order valence-electron chi connectivity index (χ0n) is 14.3. The summed E-state index contributed by atoms with van der Waals surface area (Å²) in [5.74, 6) is -0.276. The van der Waals surface area contributed by atoms with Crippen LogP contribution in [0.2, 0.25) is 0 Å². The number of rotatable bonds is 5. The molecule has 0 bridgehead atoms. The average Bonchev–Trinajstić information content (AvgIpc) is 3.21. The third-order valence-corrected chi connectivity index (χ3v) is 4.26. The molecule has 3 aromatic rings. The first kappa shape index (κ1) is 17.3. The molecule has 8 nitrogen and oxygen atoms in total. The minimum atomic E-state index is -0.511. The standard InChI is InChI=1S/C18H17N5O3/c1-13(14-6-8-16(9-7-14)22-12-19-11-20-22)21(2)18(24)15-4-3-5-17(10-15)23(25)26/h3-13H,1-2H3/t13-/m1/s1. The number of carbonyl (C=O) groups excluding carboxylic acids is 1. The molecule has 26 heavy (non-hydrogen) atoms. The van der Waals surface area contributed by atoms with Crippen molar-refractivity contribution in [3.63, 3.8) is 0 Å². The summed E-state index contributed by atoms with van der Waals surface area (Å²) < 4.78 is 1.65. The lowest BCUT2D eigenvalue weighted by atomic mass is 10.1. The van der Waals surface area contributed by atoms with Crippen molar-refractivity contribution in [2.24, 2.45) is 0 Å². The van der Waals surface area contributed by atoms with E-state index >= 15 is 0 Å². The van der Waals surface area contributed by atoms with E-state index in [0.717, 1.165) is 11.3 Å². The van der Waals surface area contributed by atoms with Gasteiger partial charge in [-0.1, -0.05) is 18.2 Å². The maximum absolute atomic E-state index is 12.7. The summed E-state index contributed by atoms with van der Waals surface area (Å²) in [4.78, 5) is 28.5. The van der Waals surface area contributed by atoms with E-state index in [2.05, 4.69) is 10.1 Å². The Morgan fingerprint density at radius 2 is 1.96 bits per heavy atom. The van der Waals surface area contributed by atoms with E-state index < -0.39 is 4.92 Å². The molecule has 0 N–H and O–H groups in total. The van der Waals surface area contributed by atoms with Gasteiger partial charge in [-0.15, -0.1) is 0 Å². The summed E-state index contributed by atoms with van der Waals surface area (Å²) in [6, 6.07) is 13.2. The Hall–Kier alpha value is -3.55. The van der Waals surface area contributed by atoms with E-state index in [1.54, 1.807) is 29.0 Å². The van der Waals surface area contributed by atoms with Crippen molar-refractivity contribution >= 4 is 11.6 Å². The summed E-state index contributed by atoms with van der Waals surface area (Å²) in [5, 5.41) is 15.0. The maximum atomic E-state index is 12.7. The largest absolute Gasteiger partial charge is 0.335 e. The number of non-ortho nitro benzene ring substituents is 1. The van der Waals surface area contributed by atoms with Gasteiger partial charge in [0.15, 0.2) is 0 Å². The number of hydrogen-bond donors (Lipinski definition) is 0. The van der Waals surface area contributed by atoms with Crippen LogP contribution >= 0.6 is 0 Å². The normalized spacial score (nSPS) is 11.8. The molecule has 0 aliphatic rings. The number of benzene rings is 2. The van der Waals surface area contributed by atoms with Gasteiger partial charge in [0, 0.05) is 24.7 Å². The maximum Gasteiger partial charge on any atom is 0.270 e. The van der Waals surface area contributed by atoms with Crippen molar-refractivity contribution in [1.29, 1.82) is 0 Å². The van der Waals surface area contributed by atoms with Crippen LogP contribution < -0.4 is 0 Å². The van der Waals surface area contributed by atoms with Crippen LogP contribution in [-0.2, 0) is 0 Å². The SMILES string of the molecule is C[C@H](c1ccc(-n2cncn2)cc1)N(C)C(=O)c1cccc([N+](=O)[O-])c1. The molecule has 0 aliphatic carbocycles. The number of amides is 1. The van der Waals surface area contributed by atoms with Gasteiger partial charge in [-0.05, 0) is 30.7 Å². The Morgan fingerprint density at radius 3 is 2.58 bits per heavy atom. The molecular formula is C18H17N5O3. The molecule has 0 saturated heterocycles. The number of aromatic nitrogens is 3. The highest BCUT2D eigenvalue weighted by Crippen LogP contribution is 2.23. The van der Waals surface area contributed by atoms with Gasteiger partial charge >= 0.3 is 0 Å². The molecule has 0 unspecified atom stereocenters. The topological polar surface area (TPSA) is 94.2 Å². The highest BCUT2D eigenvalue weighted by Gasteiger charge is 2.20. The van der Waals surface area contributed by atoms with Gasteiger partial charge in [0.25, 0.3) is 11.6 Å². The smallest absolute Gasteiger partial charge is 0.270 e. The van der Waals surface area contributed by atoms with Crippen LogP contribution in [0.5, 0.6) is 0 Å². The van der Waals surface area contributed by atoms with E-state index in [0.29, 0.717) is 0 Å². The fourth-order valence-electron chi connectivity index (χ4n) is 2.60. The monoisotopic (exact) mass is 351 g/mol. The minimum absolute atomic E-state index is 0.103. The third-order valence-electron chi connectivity index (χ3n) is 4.26. The fraction of sp³-hybridized carbons (Fsp3) is 0.167. The molecule has 1 aromatic heterocycles. The van der Waals surface area contributed by atoms with Gasteiger partial charge in [-0.3, -0.25) is 14.9 Å². The van der Waals surface area contributed by atoms with Crippen molar-refractivity contribution in [3.05, 3.63) is 82.4 Å². The fourth-order valence-corrected chi connectivity index (χ4v) is 2.60. The molecule has 8 heteroatoms. The Bertz CT molecular complexity index is 922. The Kier molecular flexibility index (Phi) is 4.74. The van der Waals surface area contributed by atoms with Crippen molar-refractivity contribution in [2.75, 3.05) is 7.05 Å². The summed E-state index contributed by atoms with van der Waals surface area (Å²) in [5.41, 5.74) is 1.99. The predicted octanol–water partition coefficient (Wildman–Crippen LogP) is 3.01. The van der Waals surface area contributed by atoms with E-state index in [4.69, 9.17) is 0 Å². The molecule has 1 amide bonds. The number of nitro benzene ring substituents is 1. The number of hydrogen-bond acceptors (Lipinski definition) is 5. The van der Waals surface area contributed by atoms with Crippen molar-refractivity contribution in [1.82, 2.24) is 19.7 Å². The molecule has 0 spiro atoms. The van der Waals surface area contributed by atoms with E-state index in [1.165, 1.54) is 24.5 Å². The summed E-state index contributed by atoms with van der Waals surface area (Å²) in [6.45, 7) is 1.90.